The van der Waals surface area contributed by atoms with Crippen LogP contribution >= 0.6 is 15.9 Å². The van der Waals surface area contributed by atoms with Gasteiger partial charge in [0.25, 0.3) is 0 Å². The maximum absolute atomic E-state index is 13.5. The van der Waals surface area contributed by atoms with Crippen molar-refractivity contribution in [2.24, 2.45) is 0 Å². The summed E-state index contributed by atoms with van der Waals surface area (Å²) in [4.78, 5) is 6.41. The molecule has 0 fully saturated rings. The normalized spacial score (nSPS) is 11.1. The van der Waals surface area contributed by atoms with Crippen LogP contribution in [0.25, 0.3) is 0 Å². The first-order valence-corrected chi connectivity index (χ1v) is 6.76. The van der Waals surface area contributed by atoms with Crippen molar-refractivity contribution in [1.29, 1.82) is 0 Å². The van der Waals surface area contributed by atoms with Gasteiger partial charge in [0.2, 0.25) is 0 Å². The molecule has 3 aromatic rings. The smallest absolute Gasteiger partial charge is 0.123 e. The van der Waals surface area contributed by atoms with Crippen LogP contribution in [0.4, 0.5) is 4.39 Å². The molecule has 0 aliphatic carbocycles. The van der Waals surface area contributed by atoms with Crippen molar-refractivity contribution in [2.75, 3.05) is 0 Å². The number of rotatable bonds is 3. The summed E-state index contributed by atoms with van der Waals surface area (Å²) in [6, 6.07) is 12.6. The van der Waals surface area contributed by atoms with E-state index < -0.39 is 0 Å². The Morgan fingerprint density at radius 1 is 0.947 bits per heavy atom. The van der Waals surface area contributed by atoms with Gasteiger partial charge in [-0.05, 0) is 48.0 Å². The summed E-state index contributed by atoms with van der Waals surface area (Å²) in [6.07, 6.45) is 3.75. The summed E-state index contributed by atoms with van der Waals surface area (Å²) >= 11 is 3.51. The highest BCUT2D eigenvalue weighted by atomic mass is 79.9. The van der Waals surface area contributed by atoms with Crippen molar-refractivity contribution < 1.29 is 4.39 Å². The summed E-state index contributed by atoms with van der Waals surface area (Å²) in [5, 5.41) is 0. The standard InChI is InChI=1S/C15H12BrFN2/c16-12-6-5-10(17)9-11(12)15(13-3-1-7-18-13)14-4-2-8-19-14/h1-9,15,18-19H. The molecule has 2 aromatic heterocycles. The summed E-state index contributed by atoms with van der Waals surface area (Å²) in [5.41, 5.74) is 2.94. The van der Waals surface area contributed by atoms with E-state index in [0.717, 1.165) is 21.4 Å². The van der Waals surface area contributed by atoms with Crippen LogP contribution in [0, 0.1) is 5.82 Å². The van der Waals surface area contributed by atoms with Gasteiger partial charge in [0.1, 0.15) is 5.82 Å². The number of hydrogen-bond acceptors (Lipinski definition) is 0. The second-order valence-corrected chi connectivity index (χ2v) is 5.20. The monoisotopic (exact) mass is 318 g/mol. The molecule has 0 radical (unpaired) electrons. The second kappa shape index (κ2) is 5.05. The van der Waals surface area contributed by atoms with E-state index in [1.54, 1.807) is 12.1 Å². The Bertz CT molecular complexity index is 625. The fourth-order valence-corrected chi connectivity index (χ4v) is 2.76. The van der Waals surface area contributed by atoms with E-state index in [2.05, 4.69) is 25.9 Å². The van der Waals surface area contributed by atoms with E-state index in [0.29, 0.717) is 0 Å². The lowest BCUT2D eigenvalue weighted by Gasteiger charge is -2.17. The van der Waals surface area contributed by atoms with E-state index in [9.17, 15) is 4.39 Å². The minimum atomic E-state index is -0.235. The molecule has 4 heteroatoms. The summed E-state index contributed by atoms with van der Waals surface area (Å²) in [6.45, 7) is 0. The highest BCUT2D eigenvalue weighted by Crippen LogP contribution is 2.34. The first-order chi connectivity index (χ1) is 9.25. The lowest BCUT2D eigenvalue weighted by Crippen LogP contribution is -2.05. The van der Waals surface area contributed by atoms with Gasteiger partial charge in [-0.2, -0.15) is 0 Å². The Morgan fingerprint density at radius 2 is 1.58 bits per heavy atom. The van der Waals surface area contributed by atoms with Gasteiger partial charge in [-0.25, -0.2) is 4.39 Å². The van der Waals surface area contributed by atoms with E-state index in [1.165, 1.54) is 6.07 Å². The van der Waals surface area contributed by atoms with Crippen LogP contribution in [0.3, 0.4) is 0 Å². The molecular weight excluding hydrogens is 307 g/mol. The molecule has 0 amide bonds. The zero-order chi connectivity index (χ0) is 13.2. The van der Waals surface area contributed by atoms with Gasteiger partial charge in [0, 0.05) is 28.3 Å². The number of aromatic amines is 2. The van der Waals surface area contributed by atoms with E-state index in [-0.39, 0.29) is 11.7 Å². The predicted molar refractivity (Wildman–Crippen MR) is 76.6 cm³/mol. The molecule has 96 valence electrons. The maximum Gasteiger partial charge on any atom is 0.123 e. The van der Waals surface area contributed by atoms with Crippen LogP contribution in [0.5, 0.6) is 0 Å². The quantitative estimate of drug-likeness (QED) is 0.716. The SMILES string of the molecule is Fc1ccc(Br)c(C(c2ccc[nH]2)c2ccc[nH]2)c1. The van der Waals surface area contributed by atoms with Crippen molar-refractivity contribution in [3.8, 4) is 0 Å². The van der Waals surface area contributed by atoms with Gasteiger partial charge in [0.05, 0.1) is 5.92 Å². The highest BCUT2D eigenvalue weighted by molar-refractivity contribution is 9.10. The van der Waals surface area contributed by atoms with Crippen molar-refractivity contribution in [3.05, 3.63) is 82.1 Å². The van der Waals surface area contributed by atoms with E-state index in [4.69, 9.17) is 0 Å². The molecule has 0 unspecified atom stereocenters. The molecule has 0 bridgehead atoms. The molecule has 2 heterocycles. The summed E-state index contributed by atoms with van der Waals surface area (Å²) in [7, 11) is 0. The Hall–Kier alpha value is -1.81. The van der Waals surface area contributed by atoms with Crippen molar-refractivity contribution in [1.82, 2.24) is 9.97 Å². The van der Waals surface area contributed by atoms with Crippen LogP contribution in [-0.4, -0.2) is 9.97 Å². The Labute approximate surface area is 118 Å². The fraction of sp³-hybridized carbons (Fsp3) is 0.0667. The van der Waals surface area contributed by atoms with E-state index >= 15 is 0 Å². The zero-order valence-electron chi connectivity index (χ0n) is 10.0. The van der Waals surface area contributed by atoms with Gasteiger partial charge in [0.15, 0.2) is 0 Å². The zero-order valence-corrected chi connectivity index (χ0v) is 11.6. The average molecular weight is 319 g/mol. The van der Waals surface area contributed by atoms with Gasteiger partial charge < -0.3 is 9.97 Å². The number of nitrogens with one attached hydrogen (secondary N) is 2. The fourth-order valence-electron chi connectivity index (χ4n) is 2.29. The predicted octanol–water partition coefficient (Wildman–Crippen LogP) is 4.42. The first kappa shape index (κ1) is 12.2. The number of hydrogen-bond donors (Lipinski definition) is 2. The molecule has 2 N–H and O–H groups in total. The van der Waals surface area contributed by atoms with Crippen LogP contribution in [0.2, 0.25) is 0 Å². The van der Waals surface area contributed by atoms with Crippen LogP contribution in [-0.2, 0) is 0 Å². The third-order valence-corrected chi connectivity index (χ3v) is 3.86. The topological polar surface area (TPSA) is 31.6 Å². The van der Waals surface area contributed by atoms with Crippen molar-refractivity contribution >= 4 is 15.9 Å². The largest absolute Gasteiger partial charge is 0.364 e. The van der Waals surface area contributed by atoms with Gasteiger partial charge in [-0.15, -0.1) is 0 Å². The molecule has 0 spiro atoms. The number of benzene rings is 1. The molecule has 0 aliphatic heterocycles. The molecule has 19 heavy (non-hydrogen) atoms. The number of H-pyrrole nitrogens is 2. The minimum absolute atomic E-state index is 0.0462. The van der Waals surface area contributed by atoms with Crippen LogP contribution in [0.1, 0.15) is 22.9 Å². The second-order valence-electron chi connectivity index (χ2n) is 4.35. The molecule has 0 atom stereocenters. The maximum atomic E-state index is 13.5. The lowest BCUT2D eigenvalue weighted by atomic mass is 9.92. The van der Waals surface area contributed by atoms with Crippen LogP contribution in [0.15, 0.2) is 59.3 Å². The summed E-state index contributed by atoms with van der Waals surface area (Å²) in [5.74, 6) is -0.281. The molecule has 0 saturated carbocycles. The molecule has 0 saturated heterocycles. The Kier molecular flexibility index (Phi) is 3.25. The molecule has 2 nitrogen and oxygen atoms in total. The highest BCUT2D eigenvalue weighted by Gasteiger charge is 2.21. The molecule has 3 rings (SSSR count). The Balaban J connectivity index is 2.17. The third kappa shape index (κ3) is 2.36. The van der Waals surface area contributed by atoms with Gasteiger partial charge in [-0.1, -0.05) is 15.9 Å². The summed E-state index contributed by atoms with van der Waals surface area (Å²) < 4.78 is 14.4. The molecule has 1 aromatic carbocycles. The van der Waals surface area contributed by atoms with Crippen molar-refractivity contribution in [3.63, 3.8) is 0 Å². The average Bonchev–Trinajstić information content (AvgIpc) is 3.07. The van der Waals surface area contributed by atoms with Gasteiger partial charge in [-0.3, -0.25) is 0 Å². The third-order valence-electron chi connectivity index (χ3n) is 3.14. The van der Waals surface area contributed by atoms with Crippen LogP contribution < -0.4 is 0 Å². The Morgan fingerprint density at radius 3 is 2.11 bits per heavy atom. The molecular formula is C15H12BrFN2. The first-order valence-electron chi connectivity index (χ1n) is 5.97. The van der Waals surface area contributed by atoms with Crippen molar-refractivity contribution in [2.45, 2.75) is 5.92 Å². The number of halogens is 2. The van der Waals surface area contributed by atoms with E-state index in [1.807, 2.05) is 36.7 Å². The lowest BCUT2D eigenvalue weighted by molar-refractivity contribution is 0.624. The minimum Gasteiger partial charge on any atom is -0.364 e. The number of aromatic nitrogens is 2. The molecule has 0 aliphatic rings. The van der Waals surface area contributed by atoms with Gasteiger partial charge >= 0.3 is 0 Å².